The molecule has 1 aromatic carbocycles. The van der Waals surface area contributed by atoms with E-state index in [1.807, 2.05) is 43.0 Å². The lowest BCUT2D eigenvalue weighted by Gasteiger charge is -2.34. The maximum atomic E-state index is 12.5. The van der Waals surface area contributed by atoms with E-state index < -0.39 is 0 Å². The van der Waals surface area contributed by atoms with Crippen LogP contribution in [0, 0.1) is 11.8 Å². The van der Waals surface area contributed by atoms with Gasteiger partial charge < -0.3 is 10.2 Å². The van der Waals surface area contributed by atoms with Crippen LogP contribution in [0.5, 0.6) is 0 Å². The summed E-state index contributed by atoms with van der Waals surface area (Å²) in [4.78, 5) is 14.3. The van der Waals surface area contributed by atoms with Gasteiger partial charge in [-0.15, -0.1) is 12.4 Å². The summed E-state index contributed by atoms with van der Waals surface area (Å²) in [7, 11) is 0. The minimum absolute atomic E-state index is 0. The average Bonchev–Trinajstić information content (AvgIpc) is 2.27. The van der Waals surface area contributed by atoms with Crippen LogP contribution in [-0.4, -0.2) is 25.5 Å². The first kappa shape index (κ1) is 16.3. The van der Waals surface area contributed by atoms with E-state index in [2.05, 4.69) is 5.32 Å². The zero-order chi connectivity index (χ0) is 13.1. The molecule has 3 nitrogen and oxygen atoms in total. The minimum atomic E-state index is 0. The van der Waals surface area contributed by atoms with Gasteiger partial charge in [0.2, 0.25) is 5.91 Å². The molecule has 1 fully saturated rings. The summed E-state index contributed by atoms with van der Waals surface area (Å²) in [6.45, 7) is 6.56. The molecule has 5 heteroatoms. The zero-order valence-corrected chi connectivity index (χ0v) is 12.8. The molecule has 0 bridgehead atoms. The van der Waals surface area contributed by atoms with Gasteiger partial charge in [-0.05, 0) is 44.1 Å². The predicted octanol–water partition coefficient (Wildman–Crippen LogP) is 2.97. The summed E-state index contributed by atoms with van der Waals surface area (Å²) in [5.74, 6) is 0.710. The fourth-order valence-electron chi connectivity index (χ4n) is 2.22. The summed E-state index contributed by atoms with van der Waals surface area (Å²) < 4.78 is 0. The number of amides is 1. The van der Waals surface area contributed by atoms with Crippen LogP contribution in [0.1, 0.15) is 13.8 Å². The molecule has 1 aliphatic rings. The number of anilines is 1. The molecule has 106 valence electrons. The number of rotatable bonds is 4. The Morgan fingerprint density at radius 1 is 1.53 bits per heavy atom. The van der Waals surface area contributed by atoms with Crippen LogP contribution in [0.25, 0.3) is 0 Å². The van der Waals surface area contributed by atoms with E-state index in [0.717, 1.165) is 18.8 Å². The minimum Gasteiger partial charge on any atom is -0.316 e. The highest BCUT2D eigenvalue weighted by molar-refractivity contribution is 6.30. The van der Waals surface area contributed by atoms with E-state index in [9.17, 15) is 4.79 Å². The highest BCUT2D eigenvalue weighted by Gasteiger charge is 2.31. The Kier molecular flexibility index (Phi) is 6.11. The Balaban J connectivity index is 0.00000180. The Morgan fingerprint density at radius 3 is 2.68 bits per heavy atom. The second-order valence-electron chi connectivity index (χ2n) is 4.77. The second kappa shape index (κ2) is 7.13. The Labute approximate surface area is 125 Å². The van der Waals surface area contributed by atoms with Gasteiger partial charge in [0.05, 0.1) is 0 Å². The van der Waals surface area contributed by atoms with Gasteiger partial charge in [-0.1, -0.05) is 24.6 Å². The number of hydrogen-bond donors (Lipinski definition) is 1. The number of nitrogens with zero attached hydrogens (tertiary/aromatic N) is 1. The van der Waals surface area contributed by atoms with Crippen molar-refractivity contribution in [1.82, 2.24) is 5.32 Å². The quantitative estimate of drug-likeness (QED) is 0.927. The molecule has 1 atom stereocenters. The van der Waals surface area contributed by atoms with Crippen molar-refractivity contribution in [2.75, 3.05) is 24.5 Å². The highest BCUT2D eigenvalue weighted by atomic mass is 35.5. The van der Waals surface area contributed by atoms with Crippen LogP contribution in [-0.2, 0) is 4.79 Å². The van der Waals surface area contributed by atoms with Gasteiger partial charge in [-0.2, -0.15) is 0 Å². The van der Waals surface area contributed by atoms with Crippen LogP contribution >= 0.6 is 24.0 Å². The molecule has 2 rings (SSSR count). The van der Waals surface area contributed by atoms with Crippen molar-refractivity contribution >= 4 is 35.6 Å². The van der Waals surface area contributed by atoms with E-state index in [4.69, 9.17) is 11.6 Å². The molecular formula is C14H20Cl2N2O. The second-order valence-corrected chi connectivity index (χ2v) is 5.21. The molecule has 1 aliphatic heterocycles. The third-order valence-electron chi connectivity index (χ3n) is 3.61. The fourth-order valence-corrected chi connectivity index (χ4v) is 2.41. The molecule has 1 N–H and O–H groups in total. The molecule has 0 aromatic heterocycles. The number of benzene rings is 1. The Morgan fingerprint density at radius 2 is 2.21 bits per heavy atom. The highest BCUT2D eigenvalue weighted by Crippen LogP contribution is 2.24. The average molecular weight is 303 g/mol. The molecule has 0 spiro atoms. The summed E-state index contributed by atoms with van der Waals surface area (Å²) in [5.41, 5.74) is 0.883. The van der Waals surface area contributed by atoms with Gasteiger partial charge in [-0.3, -0.25) is 4.79 Å². The van der Waals surface area contributed by atoms with E-state index in [1.165, 1.54) is 0 Å². The lowest BCUT2D eigenvalue weighted by molar-refractivity contribution is -0.124. The molecule has 0 aliphatic carbocycles. The molecule has 1 heterocycles. The fraction of sp³-hybridized carbons (Fsp3) is 0.500. The van der Waals surface area contributed by atoms with Crippen molar-refractivity contribution in [1.29, 1.82) is 0 Å². The molecule has 1 aromatic rings. The van der Waals surface area contributed by atoms with Crippen molar-refractivity contribution in [2.45, 2.75) is 13.8 Å². The predicted molar refractivity (Wildman–Crippen MR) is 82.3 cm³/mol. The van der Waals surface area contributed by atoms with Crippen LogP contribution in [0.4, 0.5) is 5.69 Å². The molecule has 19 heavy (non-hydrogen) atoms. The molecule has 0 radical (unpaired) electrons. The molecule has 0 saturated carbocycles. The van der Waals surface area contributed by atoms with Gasteiger partial charge >= 0.3 is 0 Å². The summed E-state index contributed by atoms with van der Waals surface area (Å²) in [6, 6.07) is 7.47. The first-order valence-electron chi connectivity index (χ1n) is 6.41. The Hall–Kier alpha value is -0.770. The van der Waals surface area contributed by atoms with E-state index in [1.54, 1.807) is 0 Å². The number of carbonyl (C=O) groups excluding carboxylic acids is 1. The normalized spacial score (nSPS) is 16.2. The van der Waals surface area contributed by atoms with Crippen LogP contribution in [0.2, 0.25) is 5.02 Å². The van der Waals surface area contributed by atoms with Crippen molar-refractivity contribution in [3.8, 4) is 0 Å². The summed E-state index contributed by atoms with van der Waals surface area (Å²) >= 11 is 5.98. The maximum Gasteiger partial charge on any atom is 0.230 e. The first-order valence-corrected chi connectivity index (χ1v) is 6.79. The van der Waals surface area contributed by atoms with Crippen LogP contribution < -0.4 is 10.2 Å². The van der Waals surface area contributed by atoms with E-state index in [0.29, 0.717) is 17.5 Å². The Bertz CT molecular complexity index is 435. The standard InChI is InChI=1S/C14H19ClN2O.ClH/c1-3-17(13-6-4-5-12(15)7-13)14(18)10(2)11-8-16-9-11;/h4-7,10-11,16H,3,8-9H2,1-2H3;1H. The third kappa shape index (κ3) is 3.62. The number of halogens is 2. The van der Waals surface area contributed by atoms with Crippen LogP contribution in [0.3, 0.4) is 0 Å². The molecule has 1 amide bonds. The topological polar surface area (TPSA) is 32.3 Å². The largest absolute Gasteiger partial charge is 0.316 e. The van der Waals surface area contributed by atoms with E-state index in [-0.39, 0.29) is 24.2 Å². The molecule has 1 unspecified atom stereocenters. The van der Waals surface area contributed by atoms with Crippen molar-refractivity contribution in [3.63, 3.8) is 0 Å². The van der Waals surface area contributed by atoms with Gasteiger partial charge in [-0.25, -0.2) is 0 Å². The summed E-state index contributed by atoms with van der Waals surface area (Å²) in [6.07, 6.45) is 0. The van der Waals surface area contributed by atoms with Gasteiger partial charge in [0.15, 0.2) is 0 Å². The number of nitrogens with one attached hydrogen (secondary N) is 1. The smallest absolute Gasteiger partial charge is 0.230 e. The van der Waals surface area contributed by atoms with Gasteiger partial charge in [0.1, 0.15) is 0 Å². The van der Waals surface area contributed by atoms with Gasteiger partial charge in [0.25, 0.3) is 0 Å². The number of carbonyl (C=O) groups is 1. The third-order valence-corrected chi connectivity index (χ3v) is 3.85. The molecular weight excluding hydrogens is 283 g/mol. The van der Waals surface area contributed by atoms with Crippen molar-refractivity contribution in [3.05, 3.63) is 29.3 Å². The monoisotopic (exact) mass is 302 g/mol. The zero-order valence-electron chi connectivity index (χ0n) is 11.2. The number of hydrogen-bond acceptors (Lipinski definition) is 2. The van der Waals surface area contributed by atoms with Crippen LogP contribution in [0.15, 0.2) is 24.3 Å². The SMILES string of the molecule is CCN(C(=O)C(C)C1CNC1)c1cccc(Cl)c1.Cl. The first-order chi connectivity index (χ1) is 8.63. The van der Waals surface area contributed by atoms with E-state index >= 15 is 0 Å². The van der Waals surface area contributed by atoms with Crippen molar-refractivity contribution < 1.29 is 4.79 Å². The lowest BCUT2D eigenvalue weighted by Crippen LogP contribution is -2.50. The van der Waals surface area contributed by atoms with Crippen molar-refractivity contribution in [2.24, 2.45) is 11.8 Å². The maximum absolute atomic E-state index is 12.5. The summed E-state index contributed by atoms with van der Waals surface area (Å²) in [5, 5.41) is 3.87. The van der Waals surface area contributed by atoms with Gasteiger partial charge in [0, 0.05) is 23.2 Å². The lowest BCUT2D eigenvalue weighted by atomic mass is 9.88. The molecule has 1 saturated heterocycles.